The molecule has 3 rings (SSSR count). The van der Waals surface area contributed by atoms with Gasteiger partial charge in [0.1, 0.15) is 6.54 Å². The Morgan fingerprint density at radius 2 is 1.89 bits per heavy atom. The van der Waals surface area contributed by atoms with Gasteiger partial charge in [-0.25, -0.2) is 4.68 Å². The fraction of sp³-hybridized carbons (Fsp3) is 0.0556. The van der Waals surface area contributed by atoms with Gasteiger partial charge >= 0.3 is 5.69 Å². The highest BCUT2D eigenvalue weighted by Crippen LogP contribution is 2.22. The fourth-order valence-corrected chi connectivity index (χ4v) is 2.67. The molecule has 0 bridgehead atoms. The summed E-state index contributed by atoms with van der Waals surface area (Å²) in [4.78, 5) is 34.1. The van der Waals surface area contributed by atoms with Crippen molar-refractivity contribution in [2.75, 3.05) is 5.32 Å². The van der Waals surface area contributed by atoms with Crippen LogP contribution in [0.1, 0.15) is 0 Å². The average molecular weight is 447 g/mol. The molecule has 0 atom stereocenters. The minimum atomic E-state index is -1.01. The lowest BCUT2D eigenvalue weighted by molar-refractivity contribution is -0.387. The number of hydrogen-bond donors (Lipinski definition) is 1. The maximum atomic E-state index is 13.4. The van der Waals surface area contributed by atoms with Crippen molar-refractivity contribution >= 4 is 33.2 Å². The summed E-state index contributed by atoms with van der Waals surface area (Å²) in [5, 5.41) is 17.3. The normalized spacial score (nSPS) is 10.5. The summed E-state index contributed by atoms with van der Waals surface area (Å²) in [7, 11) is 0. The van der Waals surface area contributed by atoms with Gasteiger partial charge in [0.05, 0.1) is 10.6 Å². The molecular weight excluding hydrogens is 435 g/mol. The summed E-state index contributed by atoms with van der Waals surface area (Å²) in [6, 6.07) is 13.1. The van der Waals surface area contributed by atoms with Crippen LogP contribution in [0.5, 0.6) is 0 Å². The van der Waals surface area contributed by atoms with Crippen molar-refractivity contribution in [1.29, 1.82) is 0 Å². The predicted molar refractivity (Wildman–Crippen MR) is 103 cm³/mol. The Labute approximate surface area is 165 Å². The van der Waals surface area contributed by atoms with Crippen LogP contribution in [0.3, 0.4) is 0 Å². The number of nitrogens with zero attached hydrogens (tertiary/aromatic N) is 3. The first kappa shape index (κ1) is 19.4. The van der Waals surface area contributed by atoms with Gasteiger partial charge in [0.15, 0.2) is 0 Å². The molecule has 2 aromatic carbocycles. The number of nitrogens with one attached hydrogen (secondary N) is 1. The molecule has 0 aliphatic heterocycles. The minimum absolute atomic E-state index is 0.0372. The molecule has 10 heteroatoms. The van der Waals surface area contributed by atoms with Crippen LogP contribution >= 0.6 is 15.9 Å². The number of aromatic nitrogens is 2. The van der Waals surface area contributed by atoms with Crippen LogP contribution < -0.4 is 10.9 Å². The molecule has 1 heterocycles. The highest BCUT2D eigenvalue weighted by atomic mass is 79.9. The van der Waals surface area contributed by atoms with Crippen LogP contribution in [0.25, 0.3) is 11.3 Å². The van der Waals surface area contributed by atoms with Crippen molar-refractivity contribution in [2.24, 2.45) is 0 Å². The van der Waals surface area contributed by atoms with Gasteiger partial charge in [0.2, 0.25) is 11.7 Å². The van der Waals surface area contributed by atoms with Gasteiger partial charge in [-0.1, -0.05) is 28.1 Å². The molecule has 1 N–H and O–H groups in total. The lowest BCUT2D eigenvalue weighted by atomic mass is 10.1. The Balaban J connectivity index is 1.80. The Kier molecular flexibility index (Phi) is 5.59. The third kappa shape index (κ3) is 4.46. The highest BCUT2D eigenvalue weighted by Gasteiger charge is 2.16. The third-order valence-corrected chi connectivity index (χ3v) is 4.26. The largest absolute Gasteiger partial charge is 0.324 e. The van der Waals surface area contributed by atoms with Gasteiger partial charge in [0, 0.05) is 27.9 Å². The topological polar surface area (TPSA) is 107 Å². The third-order valence-electron chi connectivity index (χ3n) is 3.73. The lowest BCUT2D eigenvalue weighted by Crippen LogP contribution is -2.29. The first-order valence-electron chi connectivity index (χ1n) is 7.91. The zero-order valence-electron chi connectivity index (χ0n) is 14.1. The summed E-state index contributed by atoms with van der Waals surface area (Å²) in [5.41, 5.74) is 0.0467. The van der Waals surface area contributed by atoms with Crippen molar-refractivity contribution in [3.63, 3.8) is 0 Å². The van der Waals surface area contributed by atoms with E-state index in [-0.39, 0.29) is 5.69 Å². The van der Waals surface area contributed by atoms with Gasteiger partial charge in [0.25, 0.3) is 5.56 Å². The number of benzene rings is 2. The highest BCUT2D eigenvalue weighted by molar-refractivity contribution is 9.10. The van der Waals surface area contributed by atoms with Gasteiger partial charge in [-0.05, 0) is 30.3 Å². The molecule has 0 unspecified atom stereocenters. The number of anilines is 1. The molecule has 0 radical (unpaired) electrons. The van der Waals surface area contributed by atoms with Crippen molar-refractivity contribution in [1.82, 2.24) is 9.78 Å². The molecule has 0 saturated carbocycles. The van der Waals surface area contributed by atoms with E-state index in [4.69, 9.17) is 0 Å². The monoisotopic (exact) mass is 446 g/mol. The van der Waals surface area contributed by atoms with E-state index in [1.54, 1.807) is 18.2 Å². The van der Waals surface area contributed by atoms with Crippen LogP contribution in [0.15, 0.2) is 63.9 Å². The molecule has 28 heavy (non-hydrogen) atoms. The van der Waals surface area contributed by atoms with Crippen molar-refractivity contribution in [3.8, 4) is 11.3 Å². The zero-order valence-corrected chi connectivity index (χ0v) is 15.7. The average Bonchev–Trinajstić information content (AvgIpc) is 2.65. The number of halogens is 2. The molecule has 0 fully saturated rings. The van der Waals surface area contributed by atoms with Gasteiger partial charge in [-0.2, -0.15) is 9.49 Å². The molecule has 8 nitrogen and oxygen atoms in total. The molecule has 142 valence electrons. The van der Waals surface area contributed by atoms with Gasteiger partial charge < -0.3 is 5.32 Å². The van der Waals surface area contributed by atoms with Crippen LogP contribution in [0.2, 0.25) is 0 Å². The van der Waals surface area contributed by atoms with Crippen molar-refractivity contribution in [2.45, 2.75) is 6.54 Å². The lowest BCUT2D eigenvalue weighted by Gasteiger charge is -2.08. The van der Waals surface area contributed by atoms with E-state index in [1.807, 2.05) is 12.1 Å². The van der Waals surface area contributed by atoms with Crippen LogP contribution in [-0.4, -0.2) is 20.6 Å². The smallest absolute Gasteiger partial charge is 0.306 e. The summed E-state index contributed by atoms with van der Waals surface area (Å²) in [6.45, 7) is -0.408. The van der Waals surface area contributed by atoms with Crippen molar-refractivity contribution < 1.29 is 14.1 Å². The summed E-state index contributed by atoms with van der Waals surface area (Å²) < 4.78 is 15.2. The summed E-state index contributed by atoms with van der Waals surface area (Å²) in [5.74, 6) is -1.65. The van der Waals surface area contributed by atoms with E-state index in [2.05, 4.69) is 26.3 Å². The molecule has 0 saturated heterocycles. The second kappa shape index (κ2) is 8.09. The predicted octanol–water partition coefficient (Wildman–Crippen LogP) is 3.36. The van der Waals surface area contributed by atoms with Crippen LogP contribution in [0.4, 0.5) is 15.8 Å². The summed E-state index contributed by atoms with van der Waals surface area (Å²) in [6.07, 6.45) is 0. The second-order valence-corrected chi connectivity index (χ2v) is 6.61. The minimum Gasteiger partial charge on any atom is -0.324 e. The number of nitro groups is 1. The molecular formula is C18H12BrFN4O4. The molecule has 0 aliphatic carbocycles. The van der Waals surface area contributed by atoms with Crippen LogP contribution in [0, 0.1) is 15.9 Å². The SMILES string of the molecule is O=C(Cn1nc(-c2ccc(Br)cc2)ccc1=O)Nc1ccc(F)c([N+](=O)[O-])c1. The van der Waals surface area contributed by atoms with E-state index in [0.717, 1.165) is 26.9 Å². The maximum absolute atomic E-state index is 13.4. The van der Waals surface area contributed by atoms with Gasteiger partial charge in [-0.15, -0.1) is 0 Å². The molecule has 3 aromatic rings. The quantitative estimate of drug-likeness (QED) is 0.477. The number of carbonyl (C=O) groups excluding carboxylic acids is 1. The first-order chi connectivity index (χ1) is 13.3. The van der Waals surface area contributed by atoms with E-state index in [0.29, 0.717) is 5.69 Å². The van der Waals surface area contributed by atoms with E-state index < -0.39 is 34.4 Å². The summed E-state index contributed by atoms with van der Waals surface area (Å²) >= 11 is 3.33. The van der Waals surface area contributed by atoms with Crippen LogP contribution in [-0.2, 0) is 11.3 Å². The molecule has 0 spiro atoms. The number of carbonyl (C=O) groups is 1. The van der Waals surface area contributed by atoms with Gasteiger partial charge in [-0.3, -0.25) is 19.7 Å². The number of nitro benzene ring substituents is 1. The Morgan fingerprint density at radius 3 is 2.57 bits per heavy atom. The fourth-order valence-electron chi connectivity index (χ4n) is 2.40. The zero-order chi connectivity index (χ0) is 20.3. The number of amides is 1. The Morgan fingerprint density at radius 1 is 1.18 bits per heavy atom. The molecule has 1 amide bonds. The first-order valence-corrected chi connectivity index (χ1v) is 8.71. The van der Waals surface area contributed by atoms with Crippen molar-refractivity contribution in [3.05, 3.63) is 85.4 Å². The maximum Gasteiger partial charge on any atom is 0.306 e. The Hall–Kier alpha value is -3.40. The standard InChI is InChI=1S/C18H12BrFN4O4/c19-12-3-1-11(2-4-12)15-7-8-18(26)23(22-15)10-17(25)21-13-5-6-14(20)16(9-13)24(27)28/h1-9H,10H2,(H,21,25). The van der Waals surface area contributed by atoms with E-state index in [9.17, 15) is 24.1 Å². The van der Waals surface area contributed by atoms with E-state index >= 15 is 0 Å². The number of rotatable bonds is 5. The molecule has 1 aromatic heterocycles. The Bertz CT molecular complexity index is 1120. The van der Waals surface area contributed by atoms with E-state index in [1.165, 1.54) is 12.1 Å². The number of hydrogen-bond acceptors (Lipinski definition) is 5. The molecule has 0 aliphatic rings. The second-order valence-electron chi connectivity index (χ2n) is 5.69.